The summed E-state index contributed by atoms with van der Waals surface area (Å²) in [5.74, 6) is -1.05. The summed E-state index contributed by atoms with van der Waals surface area (Å²) in [4.78, 5) is 8.74. The highest BCUT2D eigenvalue weighted by molar-refractivity contribution is 7.91. The van der Waals surface area contributed by atoms with Crippen molar-refractivity contribution in [3.8, 4) is 0 Å². The fourth-order valence-corrected chi connectivity index (χ4v) is 6.59. The Balaban J connectivity index is 1.59. The minimum absolute atomic E-state index is 0.0282. The van der Waals surface area contributed by atoms with E-state index in [0.717, 1.165) is 64.6 Å². The molecule has 0 spiro atoms. The van der Waals surface area contributed by atoms with Crippen LogP contribution in [-0.4, -0.2) is 63.7 Å². The predicted molar refractivity (Wildman–Crippen MR) is 130 cm³/mol. The molecule has 2 fully saturated rings. The number of ether oxygens (including phenoxy) is 1. The van der Waals surface area contributed by atoms with Gasteiger partial charge in [-0.3, -0.25) is 9.88 Å². The number of benzene rings is 2. The molecule has 1 atom stereocenters. The standard InChI is InChI=1S/C26H29F2N3O3S/c27-19-4-3-6-22(16-19)35(32,33)25-18-29-24-17-20(28)7-8-23(24)26(25)31-10-2-1-5-21(31)9-11-30-12-14-34-15-13-30/h3-4,6-8,16-18,21H,1-2,5,9-15H2/t21-/m1/s1. The third kappa shape index (κ3) is 5.03. The normalized spacial score (nSPS) is 19.8. The van der Waals surface area contributed by atoms with Crippen molar-refractivity contribution < 1.29 is 21.9 Å². The number of sulfone groups is 1. The monoisotopic (exact) mass is 501 g/mol. The van der Waals surface area contributed by atoms with Crippen LogP contribution in [0, 0.1) is 11.6 Å². The Bertz CT molecular complexity index is 1310. The first-order chi connectivity index (χ1) is 16.9. The molecule has 0 N–H and O–H groups in total. The van der Waals surface area contributed by atoms with Gasteiger partial charge in [0.2, 0.25) is 9.84 Å². The molecule has 186 valence electrons. The van der Waals surface area contributed by atoms with Gasteiger partial charge < -0.3 is 9.64 Å². The molecule has 2 saturated heterocycles. The molecule has 2 aliphatic heterocycles. The van der Waals surface area contributed by atoms with Crippen molar-refractivity contribution in [3.05, 3.63) is 60.3 Å². The largest absolute Gasteiger partial charge is 0.379 e. The first-order valence-corrected chi connectivity index (χ1v) is 13.6. The zero-order valence-corrected chi connectivity index (χ0v) is 20.3. The Morgan fingerprint density at radius 2 is 1.80 bits per heavy atom. The second-order valence-electron chi connectivity index (χ2n) is 9.18. The number of hydrogen-bond acceptors (Lipinski definition) is 6. The van der Waals surface area contributed by atoms with Gasteiger partial charge in [-0.25, -0.2) is 17.2 Å². The number of piperidine rings is 1. The van der Waals surface area contributed by atoms with Crippen molar-refractivity contribution in [2.45, 2.75) is 41.5 Å². The minimum Gasteiger partial charge on any atom is -0.379 e. The topological polar surface area (TPSA) is 62.7 Å². The lowest BCUT2D eigenvalue weighted by atomic mass is 9.97. The van der Waals surface area contributed by atoms with Gasteiger partial charge in [0.1, 0.15) is 16.5 Å². The third-order valence-electron chi connectivity index (χ3n) is 6.96. The van der Waals surface area contributed by atoms with Crippen molar-refractivity contribution in [1.29, 1.82) is 0 Å². The van der Waals surface area contributed by atoms with Crippen LogP contribution in [0.1, 0.15) is 25.7 Å². The van der Waals surface area contributed by atoms with Gasteiger partial charge in [-0.2, -0.15) is 0 Å². The average molecular weight is 502 g/mol. The van der Waals surface area contributed by atoms with Gasteiger partial charge in [0.25, 0.3) is 0 Å². The quantitative estimate of drug-likeness (QED) is 0.498. The minimum atomic E-state index is -4.07. The molecule has 35 heavy (non-hydrogen) atoms. The zero-order chi connectivity index (χ0) is 24.4. The molecular formula is C26H29F2N3O3S. The summed E-state index contributed by atoms with van der Waals surface area (Å²) in [5.41, 5.74) is 0.932. The number of morpholine rings is 1. The van der Waals surface area contributed by atoms with Crippen LogP contribution in [0.4, 0.5) is 14.5 Å². The molecule has 5 rings (SSSR count). The van der Waals surface area contributed by atoms with E-state index < -0.39 is 21.5 Å². The number of pyridine rings is 1. The van der Waals surface area contributed by atoms with E-state index in [-0.39, 0.29) is 15.8 Å². The van der Waals surface area contributed by atoms with Gasteiger partial charge in [-0.05, 0) is 56.0 Å². The number of halogens is 2. The molecule has 0 radical (unpaired) electrons. The molecule has 0 aliphatic carbocycles. The summed E-state index contributed by atoms with van der Waals surface area (Å²) in [6.45, 7) is 4.83. The lowest BCUT2D eigenvalue weighted by molar-refractivity contribution is 0.0362. The molecule has 2 aromatic carbocycles. The Morgan fingerprint density at radius 3 is 2.60 bits per heavy atom. The van der Waals surface area contributed by atoms with E-state index in [9.17, 15) is 17.2 Å². The molecule has 1 aromatic heterocycles. The Labute approximate surface area is 204 Å². The van der Waals surface area contributed by atoms with Crippen molar-refractivity contribution >= 4 is 26.4 Å². The van der Waals surface area contributed by atoms with Gasteiger partial charge in [0.15, 0.2) is 0 Å². The number of hydrogen-bond donors (Lipinski definition) is 0. The van der Waals surface area contributed by atoms with Crippen molar-refractivity contribution in [2.75, 3.05) is 44.3 Å². The summed E-state index contributed by atoms with van der Waals surface area (Å²) in [7, 11) is -4.07. The lowest BCUT2D eigenvalue weighted by Crippen LogP contribution is -2.44. The fourth-order valence-electron chi connectivity index (χ4n) is 5.14. The van der Waals surface area contributed by atoms with Crippen LogP contribution in [-0.2, 0) is 14.6 Å². The highest BCUT2D eigenvalue weighted by Crippen LogP contribution is 2.39. The van der Waals surface area contributed by atoms with Crippen molar-refractivity contribution in [1.82, 2.24) is 9.88 Å². The molecular weight excluding hydrogens is 472 g/mol. The van der Waals surface area contributed by atoms with Crippen molar-refractivity contribution in [2.24, 2.45) is 0 Å². The van der Waals surface area contributed by atoms with Crippen LogP contribution < -0.4 is 4.90 Å². The highest BCUT2D eigenvalue weighted by atomic mass is 32.2. The maximum atomic E-state index is 14.0. The van der Waals surface area contributed by atoms with E-state index in [2.05, 4.69) is 14.8 Å². The Kier molecular flexibility index (Phi) is 7.00. The summed E-state index contributed by atoms with van der Waals surface area (Å²) in [6, 6.07) is 9.41. The van der Waals surface area contributed by atoms with Crippen LogP contribution in [0.3, 0.4) is 0 Å². The van der Waals surface area contributed by atoms with Crippen LogP contribution >= 0.6 is 0 Å². The van der Waals surface area contributed by atoms with Gasteiger partial charge in [0, 0.05) is 49.9 Å². The molecule has 0 amide bonds. The second-order valence-corrected chi connectivity index (χ2v) is 11.1. The predicted octanol–water partition coefficient (Wildman–Crippen LogP) is 4.43. The van der Waals surface area contributed by atoms with Crippen LogP contribution in [0.5, 0.6) is 0 Å². The van der Waals surface area contributed by atoms with Gasteiger partial charge in [0.05, 0.1) is 29.3 Å². The SMILES string of the molecule is O=S(=O)(c1cccc(F)c1)c1cnc2cc(F)ccc2c1N1CCCC[C@@H]1CCN1CCOCC1. The third-order valence-corrected chi connectivity index (χ3v) is 8.71. The number of anilines is 1. The van der Waals surface area contributed by atoms with E-state index in [4.69, 9.17) is 4.74 Å². The smallest absolute Gasteiger partial charge is 0.210 e. The molecule has 9 heteroatoms. The van der Waals surface area contributed by atoms with Crippen LogP contribution in [0.25, 0.3) is 10.9 Å². The van der Waals surface area contributed by atoms with E-state index in [1.807, 2.05) is 0 Å². The maximum absolute atomic E-state index is 14.0. The van der Waals surface area contributed by atoms with E-state index in [0.29, 0.717) is 23.1 Å². The number of rotatable bonds is 6. The number of fused-ring (bicyclic) bond motifs is 1. The summed E-state index contributed by atoms with van der Waals surface area (Å²) in [6.07, 6.45) is 5.11. The molecule has 3 heterocycles. The zero-order valence-electron chi connectivity index (χ0n) is 19.5. The molecule has 0 saturated carbocycles. The summed E-state index contributed by atoms with van der Waals surface area (Å²) >= 11 is 0. The van der Waals surface area contributed by atoms with Crippen LogP contribution in [0.15, 0.2) is 58.5 Å². The van der Waals surface area contributed by atoms with Gasteiger partial charge in [-0.1, -0.05) is 6.07 Å². The van der Waals surface area contributed by atoms with Crippen LogP contribution in [0.2, 0.25) is 0 Å². The summed E-state index contributed by atoms with van der Waals surface area (Å²) in [5, 5.41) is 0.585. The van der Waals surface area contributed by atoms with Gasteiger partial charge >= 0.3 is 0 Å². The number of nitrogens with zero attached hydrogens (tertiary/aromatic N) is 3. The second kappa shape index (κ2) is 10.2. The first kappa shape index (κ1) is 24.1. The maximum Gasteiger partial charge on any atom is 0.210 e. The molecule has 3 aromatic rings. The van der Waals surface area contributed by atoms with E-state index in [1.165, 1.54) is 36.5 Å². The summed E-state index contributed by atoms with van der Waals surface area (Å²) < 4.78 is 60.9. The molecule has 0 bridgehead atoms. The molecule has 6 nitrogen and oxygen atoms in total. The fraction of sp³-hybridized carbons (Fsp3) is 0.423. The first-order valence-electron chi connectivity index (χ1n) is 12.1. The van der Waals surface area contributed by atoms with Crippen molar-refractivity contribution in [3.63, 3.8) is 0 Å². The van der Waals surface area contributed by atoms with Gasteiger partial charge in [-0.15, -0.1) is 0 Å². The highest BCUT2D eigenvalue weighted by Gasteiger charge is 2.32. The van der Waals surface area contributed by atoms with E-state index in [1.54, 1.807) is 6.07 Å². The van der Waals surface area contributed by atoms with E-state index >= 15 is 0 Å². The average Bonchev–Trinajstić information content (AvgIpc) is 2.87. The Hall–Kier alpha value is -2.62. The Morgan fingerprint density at radius 1 is 1.00 bits per heavy atom. The molecule has 0 unspecified atom stereocenters. The number of aromatic nitrogens is 1. The molecule has 2 aliphatic rings. The lowest BCUT2D eigenvalue weighted by Gasteiger charge is -2.40.